The molecule has 0 aliphatic carbocycles. The molecular formula is C18H15NO3. The first-order chi connectivity index (χ1) is 10.6. The number of nitriles is 1. The maximum Gasteiger partial charge on any atom is 0.339 e. The summed E-state index contributed by atoms with van der Waals surface area (Å²) in [5.74, 6) is -0.639. The summed E-state index contributed by atoms with van der Waals surface area (Å²) >= 11 is 0. The van der Waals surface area contributed by atoms with Crippen molar-refractivity contribution in [2.24, 2.45) is 5.92 Å². The van der Waals surface area contributed by atoms with Crippen LogP contribution in [-0.2, 0) is 4.74 Å². The zero-order chi connectivity index (χ0) is 15.7. The first-order valence-electron chi connectivity index (χ1n) is 7.10. The molecule has 110 valence electrons. The van der Waals surface area contributed by atoms with Crippen molar-refractivity contribution >= 4 is 5.97 Å². The predicted molar refractivity (Wildman–Crippen MR) is 79.9 cm³/mol. The number of hydrogen-bond acceptors (Lipinski definition) is 4. The molecule has 0 radical (unpaired) electrons. The molecule has 0 saturated carbocycles. The highest BCUT2D eigenvalue weighted by Gasteiger charge is 2.37. The molecule has 4 heteroatoms. The summed E-state index contributed by atoms with van der Waals surface area (Å²) in [4.78, 5) is 11.9. The Labute approximate surface area is 128 Å². The van der Waals surface area contributed by atoms with Crippen LogP contribution in [0.2, 0.25) is 0 Å². The van der Waals surface area contributed by atoms with E-state index in [4.69, 9.17) is 10.00 Å². The lowest BCUT2D eigenvalue weighted by Gasteiger charge is -2.24. The molecular weight excluding hydrogens is 278 g/mol. The summed E-state index contributed by atoms with van der Waals surface area (Å²) in [5, 5.41) is 19.4. The van der Waals surface area contributed by atoms with Crippen LogP contribution in [0, 0.1) is 17.2 Å². The van der Waals surface area contributed by atoms with E-state index in [0.29, 0.717) is 16.7 Å². The summed E-state index contributed by atoms with van der Waals surface area (Å²) in [7, 11) is 0. The molecule has 3 atom stereocenters. The summed E-state index contributed by atoms with van der Waals surface area (Å²) in [6.07, 6.45) is -1.24. The molecule has 0 amide bonds. The van der Waals surface area contributed by atoms with Crippen molar-refractivity contribution in [3.8, 4) is 6.07 Å². The first-order valence-corrected chi connectivity index (χ1v) is 7.10. The number of hydrogen-bond donors (Lipinski definition) is 1. The Morgan fingerprint density at radius 1 is 1.18 bits per heavy atom. The van der Waals surface area contributed by atoms with Crippen molar-refractivity contribution in [1.82, 2.24) is 0 Å². The fourth-order valence-electron chi connectivity index (χ4n) is 2.79. The van der Waals surface area contributed by atoms with Gasteiger partial charge in [-0.2, -0.15) is 5.26 Å². The second kappa shape index (κ2) is 5.63. The highest BCUT2D eigenvalue weighted by molar-refractivity contribution is 5.94. The van der Waals surface area contributed by atoms with Crippen LogP contribution < -0.4 is 0 Å². The molecule has 2 aromatic rings. The van der Waals surface area contributed by atoms with Crippen LogP contribution >= 0.6 is 0 Å². The van der Waals surface area contributed by atoms with E-state index >= 15 is 0 Å². The van der Waals surface area contributed by atoms with Crippen LogP contribution in [-0.4, -0.2) is 11.1 Å². The van der Waals surface area contributed by atoms with E-state index in [1.54, 1.807) is 36.4 Å². The molecule has 0 saturated heterocycles. The molecule has 0 aromatic heterocycles. The van der Waals surface area contributed by atoms with Crippen LogP contribution in [0.15, 0.2) is 48.5 Å². The normalized spacial score (nSPS) is 19.0. The number of carbonyl (C=O) groups is 1. The Kier molecular flexibility index (Phi) is 3.66. The average Bonchev–Trinajstić information content (AvgIpc) is 2.91. The van der Waals surface area contributed by atoms with Crippen molar-refractivity contribution in [3.05, 3.63) is 70.8 Å². The van der Waals surface area contributed by atoms with Gasteiger partial charge in [0.2, 0.25) is 0 Å². The fourth-order valence-corrected chi connectivity index (χ4v) is 2.79. The second-order valence-electron chi connectivity index (χ2n) is 5.45. The Balaban J connectivity index is 1.86. The lowest BCUT2D eigenvalue weighted by atomic mass is 9.88. The SMILES string of the molecule is CC(C(O)c1ccc(C#N)cc1)C1OC(=O)c2ccccc21. The number of carbonyl (C=O) groups excluding carboxylic acids is 1. The van der Waals surface area contributed by atoms with Gasteiger partial charge in [0.05, 0.1) is 23.3 Å². The molecule has 1 aliphatic rings. The van der Waals surface area contributed by atoms with Gasteiger partial charge >= 0.3 is 5.97 Å². The molecule has 2 aromatic carbocycles. The zero-order valence-electron chi connectivity index (χ0n) is 12.1. The number of fused-ring (bicyclic) bond motifs is 1. The van der Waals surface area contributed by atoms with Gasteiger partial charge in [-0.1, -0.05) is 37.3 Å². The maximum absolute atomic E-state index is 11.9. The molecule has 1 aliphatic heterocycles. The fraction of sp³-hybridized carbons (Fsp3) is 0.222. The quantitative estimate of drug-likeness (QED) is 0.883. The topological polar surface area (TPSA) is 70.3 Å². The van der Waals surface area contributed by atoms with Gasteiger partial charge in [-0.25, -0.2) is 4.79 Å². The highest BCUT2D eigenvalue weighted by Crippen LogP contribution is 2.41. The third kappa shape index (κ3) is 2.36. The lowest BCUT2D eigenvalue weighted by Crippen LogP contribution is -2.18. The van der Waals surface area contributed by atoms with Gasteiger partial charge in [0.15, 0.2) is 0 Å². The van der Waals surface area contributed by atoms with Crippen molar-refractivity contribution in [3.63, 3.8) is 0 Å². The number of benzene rings is 2. The number of aliphatic hydroxyl groups excluding tert-OH is 1. The Morgan fingerprint density at radius 3 is 2.55 bits per heavy atom. The van der Waals surface area contributed by atoms with Gasteiger partial charge in [0.1, 0.15) is 6.10 Å². The molecule has 0 fully saturated rings. The van der Waals surface area contributed by atoms with Crippen molar-refractivity contribution < 1.29 is 14.6 Å². The number of cyclic esters (lactones) is 1. The van der Waals surface area contributed by atoms with Gasteiger partial charge in [-0.15, -0.1) is 0 Å². The van der Waals surface area contributed by atoms with E-state index in [1.807, 2.05) is 25.1 Å². The molecule has 0 bridgehead atoms. The van der Waals surface area contributed by atoms with Crippen LogP contribution in [0.1, 0.15) is 46.2 Å². The summed E-state index contributed by atoms with van der Waals surface area (Å²) in [6, 6.07) is 16.1. The van der Waals surface area contributed by atoms with Gasteiger partial charge in [-0.05, 0) is 23.8 Å². The number of esters is 1. The molecule has 3 unspecified atom stereocenters. The number of aliphatic hydroxyl groups is 1. The van der Waals surface area contributed by atoms with Gasteiger partial charge < -0.3 is 9.84 Å². The van der Waals surface area contributed by atoms with Crippen molar-refractivity contribution in [1.29, 1.82) is 5.26 Å². The first kappa shape index (κ1) is 14.3. The zero-order valence-corrected chi connectivity index (χ0v) is 12.1. The van der Waals surface area contributed by atoms with Gasteiger partial charge in [-0.3, -0.25) is 0 Å². The molecule has 3 rings (SSSR count). The van der Waals surface area contributed by atoms with E-state index in [1.165, 1.54) is 0 Å². The average molecular weight is 293 g/mol. The summed E-state index contributed by atoms with van der Waals surface area (Å²) in [5.41, 5.74) is 2.62. The highest BCUT2D eigenvalue weighted by atomic mass is 16.5. The van der Waals surface area contributed by atoms with E-state index in [9.17, 15) is 9.90 Å². The largest absolute Gasteiger partial charge is 0.453 e. The molecule has 1 heterocycles. The van der Waals surface area contributed by atoms with E-state index < -0.39 is 12.2 Å². The summed E-state index contributed by atoms with van der Waals surface area (Å²) < 4.78 is 5.43. The van der Waals surface area contributed by atoms with Crippen LogP contribution in [0.4, 0.5) is 0 Å². The molecule has 1 N–H and O–H groups in total. The number of rotatable bonds is 3. The van der Waals surface area contributed by atoms with Crippen LogP contribution in [0.25, 0.3) is 0 Å². The minimum atomic E-state index is -0.781. The van der Waals surface area contributed by atoms with Crippen molar-refractivity contribution in [2.75, 3.05) is 0 Å². The predicted octanol–water partition coefficient (Wildman–Crippen LogP) is 3.14. The minimum Gasteiger partial charge on any atom is -0.453 e. The summed E-state index contributed by atoms with van der Waals surface area (Å²) in [6.45, 7) is 1.85. The number of nitrogens with zero attached hydrogens (tertiary/aromatic N) is 1. The minimum absolute atomic E-state index is 0.291. The van der Waals surface area contributed by atoms with E-state index in [2.05, 4.69) is 0 Å². The van der Waals surface area contributed by atoms with E-state index in [-0.39, 0.29) is 11.9 Å². The van der Waals surface area contributed by atoms with Gasteiger partial charge in [0, 0.05) is 11.5 Å². The van der Waals surface area contributed by atoms with Gasteiger partial charge in [0.25, 0.3) is 0 Å². The lowest BCUT2D eigenvalue weighted by molar-refractivity contribution is -0.00555. The third-order valence-corrected chi connectivity index (χ3v) is 4.08. The Morgan fingerprint density at radius 2 is 1.86 bits per heavy atom. The number of ether oxygens (including phenoxy) is 1. The molecule has 0 spiro atoms. The smallest absolute Gasteiger partial charge is 0.339 e. The third-order valence-electron chi connectivity index (χ3n) is 4.08. The second-order valence-corrected chi connectivity index (χ2v) is 5.45. The van der Waals surface area contributed by atoms with E-state index in [0.717, 1.165) is 5.56 Å². The van der Waals surface area contributed by atoms with Crippen LogP contribution in [0.5, 0.6) is 0 Å². The van der Waals surface area contributed by atoms with Crippen molar-refractivity contribution in [2.45, 2.75) is 19.1 Å². The maximum atomic E-state index is 11.9. The van der Waals surface area contributed by atoms with Crippen LogP contribution in [0.3, 0.4) is 0 Å². The molecule has 4 nitrogen and oxygen atoms in total. The Bertz CT molecular complexity index is 746. The Hall–Kier alpha value is -2.64. The molecule has 22 heavy (non-hydrogen) atoms. The standard InChI is InChI=1S/C18H15NO3/c1-11(16(20)13-8-6-12(10-19)7-9-13)17-14-4-2-3-5-15(14)18(21)22-17/h2-9,11,16-17,20H,1H3. The monoisotopic (exact) mass is 293 g/mol.